The van der Waals surface area contributed by atoms with Crippen LogP contribution in [0.25, 0.3) is 0 Å². The van der Waals surface area contributed by atoms with E-state index >= 15 is 0 Å². The number of rotatable bonds is 2. The second-order valence-corrected chi connectivity index (χ2v) is 4.35. The summed E-state index contributed by atoms with van der Waals surface area (Å²) in [4.78, 5) is 0. The molecule has 0 aromatic carbocycles. The van der Waals surface area contributed by atoms with Gasteiger partial charge in [0.15, 0.2) is 5.82 Å². The first kappa shape index (κ1) is 9.90. The van der Waals surface area contributed by atoms with Gasteiger partial charge in [-0.05, 0) is 42.0 Å². The molecule has 0 bridgehead atoms. The molecule has 0 unspecified atom stereocenters. The van der Waals surface area contributed by atoms with Gasteiger partial charge in [0.05, 0.1) is 11.9 Å². The number of tetrazole rings is 1. The quantitative estimate of drug-likeness (QED) is 0.709. The Labute approximate surface area is 88.6 Å². The van der Waals surface area contributed by atoms with Crippen LogP contribution in [0.1, 0.15) is 44.5 Å². The van der Waals surface area contributed by atoms with Gasteiger partial charge in [0.2, 0.25) is 0 Å². The van der Waals surface area contributed by atoms with Crippen molar-refractivity contribution in [3.8, 4) is 0 Å². The fourth-order valence-corrected chi connectivity index (χ4v) is 2.25. The van der Waals surface area contributed by atoms with Crippen LogP contribution < -0.4 is 0 Å². The van der Waals surface area contributed by atoms with Gasteiger partial charge in [0, 0.05) is 0 Å². The Balaban J connectivity index is 2.08. The molecule has 5 heteroatoms. The SMILES string of the molecule is CC1CCC(n2nnnc2CCl)CC1. The van der Waals surface area contributed by atoms with E-state index in [2.05, 4.69) is 22.4 Å². The molecule has 0 amide bonds. The second kappa shape index (κ2) is 4.26. The molecule has 0 spiro atoms. The monoisotopic (exact) mass is 214 g/mol. The number of aromatic nitrogens is 4. The molecule has 1 aliphatic rings. The third-order valence-corrected chi connectivity index (χ3v) is 3.25. The summed E-state index contributed by atoms with van der Waals surface area (Å²) in [6.45, 7) is 2.30. The highest BCUT2D eigenvalue weighted by Gasteiger charge is 2.22. The Kier molecular flexibility index (Phi) is 3.01. The van der Waals surface area contributed by atoms with Crippen molar-refractivity contribution in [3.05, 3.63) is 5.82 Å². The van der Waals surface area contributed by atoms with Gasteiger partial charge in [-0.15, -0.1) is 16.7 Å². The van der Waals surface area contributed by atoms with Crippen LogP contribution in [0.5, 0.6) is 0 Å². The van der Waals surface area contributed by atoms with Crippen molar-refractivity contribution < 1.29 is 0 Å². The average Bonchev–Trinajstić information content (AvgIpc) is 2.67. The minimum atomic E-state index is 0.402. The molecule has 1 aromatic heterocycles. The van der Waals surface area contributed by atoms with Crippen LogP contribution in [-0.4, -0.2) is 20.2 Å². The lowest BCUT2D eigenvalue weighted by Gasteiger charge is -2.26. The summed E-state index contributed by atoms with van der Waals surface area (Å²) in [5.74, 6) is 2.05. The van der Waals surface area contributed by atoms with Crippen LogP contribution in [0.15, 0.2) is 0 Å². The first-order chi connectivity index (χ1) is 6.81. The second-order valence-electron chi connectivity index (χ2n) is 4.09. The van der Waals surface area contributed by atoms with E-state index in [9.17, 15) is 0 Å². The summed E-state index contributed by atoms with van der Waals surface area (Å²) in [6.07, 6.45) is 4.89. The molecular weight excluding hydrogens is 200 g/mol. The van der Waals surface area contributed by atoms with Crippen LogP contribution in [0, 0.1) is 5.92 Å². The zero-order valence-electron chi connectivity index (χ0n) is 8.36. The summed E-state index contributed by atoms with van der Waals surface area (Å²) in [5, 5.41) is 11.6. The van der Waals surface area contributed by atoms with E-state index in [0.717, 1.165) is 11.7 Å². The van der Waals surface area contributed by atoms with Gasteiger partial charge in [-0.1, -0.05) is 6.92 Å². The largest absolute Gasteiger partial charge is 0.225 e. The smallest absolute Gasteiger partial charge is 0.166 e. The van der Waals surface area contributed by atoms with E-state index in [1.165, 1.54) is 25.7 Å². The average molecular weight is 215 g/mol. The van der Waals surface area contributed by atoms with Crippen LogP contribution in [0.3, 0.4) is 0 Å². The van der Waals surface area contributed by atoms with Crippen molar-refractivity contribution in [1.29, 1.82) is 0 Å². The van der Waals surface area contributed by atoms with E-state index in [1.54, 1.807) is 0 Å². The molecule has 1 saturated carbocycles. The molecule has 1 aliphatic carbocycles. The first-order valence-corrected chi connectivity index (χ1v) is 5.67. The Bertz CT molecular complexity index is 291. The number of alkyl halides is 1. The fourth-order valence-electron chi connectivity index (χ4n) is 2.07. The fraction of sp³-hybridized carbons (Fsp3) is 0.889. The third kappa shape index (κ3) is 1.90. The van der Waals surface area contributed by atoms with Crippen molar-refractivity contribution >= 4 is 11.6 Å². The highest BCUT2D eigenvalue weighted by atomic mass is 35.5. The Morgan fingerprint density at radius 2 is 2.07 bits per heavy atom. The molecule has 0 radical (unpaired) electrons. The normalized spacial score (nSPS) is 27.9. The predicted octanol–water partition coefficient (Wildman–Crippen LogP) is 2.16. The minimum Gasteiger partial charge on any atom is -0.225 e. The molecule has 0 saturated heterocycles. The number of halogens is 1. The number of hydrogen-bond acceptors (Lipinski definition) is 3. The topological polar surface area (TPSA) is 43.6 Å². The highest BCUT2D eigenvalue weighted by Crippen LogP contribution is 2.31. The Morgan fingerprint density at radius 1 is 1.36 bits per heavy atom. The van der Waals surface area contributed by atoms with E-state index in [-0.39, 0.29) is 0 Å². The lowest BCUT2D eigenvalue weighted by atomic mass is 9.87. The molecule has 0 atom stereocenters. The third-order valence-electron chi connectivity index (χ3n) is 3.01. The van der Waals surface area contributed by atoms with E-state index in [4.69, 9.17) is 11.6 Å². The molecule has 4 nitrogen and oxygen atoms in total. The number of hydrogen-bond donors (Lipinski definition) is 0. The van der Waals surface area contributed by atoms with Gasteiger partial charge < -0.3 is 0 Å². The summed E-state index contributed by atoms with van der Waals surface area (Å²) in [6, 6.07) is 0.468. The van der Waals surface area contributed by atoms with Crippen LogP contribution in [-0.2, 0) is 5.88 Å². The maximum absolute atomic E-state index is 5.76. The van der Waals surface area contributed by atoms with Crippen LogP contribution in [0.2, 0.25) is 0 Å². The molecule has 14 heavy (non-hydrogen) atoms. The molecular formula is C9H15ClN4. The first-order valence-electron chi connectivity index (χ1n) is 5.14. The van der Waals surface area contributed by atoms with Gasteiger partial charge in [0.25, 0.3) is 0 Å². The molecule has 0 N–H and O–H groups in total. The Hall–Kier alpha value is -0.640. The van der Waals surface area contributed by atoms with Gasteiger partial charge in [-0.25, -0.2) is 4.68 Å². The van der Waals surface area contributed by atoms with Crippen molar-refractivity contribution in [3.63, 3.8) is 0 Å². The van der Waals surface area contributed by atoms with Crippen molar-refractivity contribution in [2.45, 2.75) is 44.5 Å². The van der Waals surface area contributed by atoms with Crippen LogP contribution in [0.4, 0.5) is 0 Å². The van der Waals surface area contributed by atoms with Gasteiger partial charge >= 0.3 is 0 Å². The predicted molar refractivity (Wildman–Crippen MR) is 54.0 cm³/mol. The molecule has 2 rings (SSSR count). The molecule has 1 fully saturated rings. The maximum Gasteiger partial charge on any atom is 0.166 e. The standard InChI is InChI=1S/C9H15ClN4/c1-7-2-4-8(5-3-7)14-9(6-10)11-12-13-14/h7-8H,2-6H2,1H3. The minimum absolute atomic E-state index is 0.402. The maximum atomic E-state index is 5.76. The van der Waals surface area contributed by atoms with E-state index < -0.39 is 0 Å². The lowest BCUT2D eigenvalue weighted by Crippen LogP contribution is -2.19. The van der Waals surface area contributed by atoms with Crippen molar-refractivity contribution in [1.82, 2.24) is 20.2 Å². The van der Waals surface area contributed by atoms with Crippen molar-refractivity contribution in [2.24, 2.45) is 5.92 Å². The van der Waals surface area contributed by atoms with Crippen LogP contribution >= 0.6 is 11.6 Å². The highest BCUT2D eigenvalue weighted by molar-refractivity contribution is 6.16. The summed E-state index contributed by atoms with van der Waals surface area (Å²) >= 11 is 5.76. The summed E-state index contributed by atoms with van der Waals surface area (Å²) < 4.78 is 1.90. The zero-order valence-corrected chi connectivity index (χ0v) is 9.11. The van der Waals surface area contributed by atoms with Gasteiger partial charge in [-0.3, -0.25) is 0 Å². The molecule has 0 aliphatic heterocycles. The van der Waals surface area contributed by atoms with E-state index in [1.807, 2.05) is 4.68 Å². The van der Waals surface area contributed by atoms with E-state index in [0.29, 0.717) is 11.9 Å². The zero-order chi connectivity index (χ0) is 9.97. The molecule has 78 valence electrons. The van der Waals surface area contributed by atoms with Crippen molar-refractivity contribution in [2.75, 3.05) is 0 Å². The van der Waals surface area contributed by atoms with Gasteiger partial charge in [-0.2, -0.15) is 0 Å². The Morgan fingerprint density at radius 3 is 2.71 bits per heavy atom. The summed E-state index contributed by atoms with van der Waals surface area (Å²) in [7, 11) is 0. The number of nitrogens with zero attached hydrogens (tertiary/aromatic N) is 4. The molecule has 1 aromatic rings. The lowest BCUT2D eigenvalue weighted by molar-refractivity contribution is 0.267. The van der Waals surface area contributed by atoms with Gasteiger partial charge in [0.1, 0.15) is 0 Å². The molecule has 1 heterocycles. The summed E-state index contributed by atoms with van der Waals surface area (Å²) in [5.41, 5.74) is 0.